The minimum Gasteiger partial charge on any atom is -0.465 e. The number of fused-ring (bicyclic) bond motifs is 1. The van der Waals surface area contributed by atoms with Gasteiger partial charge in [-0.2, -0.15) is 0 Å². The van der Waals surface area contributed by atoms with Gasteiger partial charge in [0.2, 0.25) is 5.91 Å². The van der Waals surface area contributed by atoms with Crippen LogP contribution in [0.3, 0.4) is 0 Å². The molecule has 8 heteroatoms. The van der Waals surface area contributed by atoms with Crippen molar-refractivity contribution in [2.45, 2.75) is 6.42 Å². The second kappa shape index (κ2) is 9.57. The number of rotatable bonds is 7. The van der Waals surface area contributed by atoms with Crippen LogP contribution in [-0.2, 0) is 9.53 Å². The first-order valence-corrected chi connectivity index (χ1v) is 10.9. The number of hydrogen-bond acceptors (Lipinski definition) is 7. The average Bonchev–Trinajstić information content (AvgIpc) is 3.27. The number of thiophene rings is 1. The van der Waals surface area contributed by atoms with E-state index in [0.29, 0.717) is 17.8 Å². The third kappa shape index (κ3) is 4.60. The van der Waals surface area contributed by atoms with Gasteiger partial charge < -0.3 is 15.0 Å². The summed E-state index contributed by atoms with van der Waals surface area (Å²) in [5.74, 6) is 0.0815. The molecule has 0 bridgehead atoms. The fourth-order valence-electron chi connectivity index (χ4n) is 3.36. The lowest BCUT2D eigenvalue weighted by Crippen LogP contribution is -2.25. The highest BCUT2D eigenvalue weighted by Gasteiger charge is 2.16. The number of para-hydroxylation sites is 1. The second-order valence-corrected chi connectivity index (χ2v) is 8.18. The molecular formula is C24H22N4O3S. The molecule has 0 atom stereocenters. The van der Waals surface area contributed by atoms with Crippen LogP contribution < -0.4 is 10.2 Å². The normalized spacial score (nSPS) is 10.7. The van der Waals surface area contributed by atoms with E-state index in [0.717, 1.165) is 26.5 Å². The fourth-order valence-corrected chi connectivity index (χ4v) is 4.36. The van der Waals surface area contributed by atoms with E-state index < -0.39 is 5.97 Å². The van der Waals surface area contributed by atoms with Gasteiger partial charge in [-0.25, -0.2) is 14.8 Å². The van der Waals surface area contributed by atoms with Crippen molar-refractivity contribution >= 4 is 44.9 Å². The molecule has 32 heavy (non-hydrogen) atoms. The summed E-state index contributed by atoms with van der Waals surface area (Å²) in [5.41, 5.74) is 1.88. The highest BCUT2D eigenvalue weighted by atomic mass is 32.1. The van der Waals surface area contributed by atoms with Gasteiger partial charge in [0, 0.05) is 24.9 Å². The molecule has 7 nitrogen and oxygen atoms in total. The molecule has 0 radical (unpaired) electrons. The summed E-state index contributed by atoms with van der Waals surface area (Å²) in [7, 11) is 3.21. The summed E-state index contributed by atoms with van der Waals surface area (Å²) in [5, 5.41) is 3.75. The number of carbonyl (C=O) groups excluding carboxylic acids is 2. The Hall–Kier alpha value is -3.78. The van der Waals surface area contributed by atoms with Crippen molar-refractivity contribution in [3.05, 3.63) is 72.6 Å². The summed E-state index contributed by atoms with van der Waals surface area (Å²) in [4.78, 5) is 37.3. The molecule has 4 aromatic rings. The molecule has 0 saturated heterocycles. The van der Waals surface area contributed by atoms with Crippen molar-refractivity contribution in [3.63, 3.8) is 0 Å². The van der Waals surface area contributed by atoms with E-state index in [1.54, 1.807) is 41.9 Å². The quantitative estimate of drug-likeness (QED) is 0.417. The second-order valence-electron chi connectivity index (χ2n) is 7.15. The van der Waals surface area contributed by atoms with E-state index in [9.17, 15) is 9.59 Å². The Morgan fingerprint density at radius 2 is 1.81 bits per heavy atom. The van der Waals surface area contributed by atoms with E-state index in [2.05, 4.69) is 33.5 Å². The lowest BCUT2D eigenvalue weighted by atomic mass is 10.1. The zero-order valence-electron chi connectivity index (χ0n) is 17.7. The van der Waals surface area contributed by atoms with Crippen molar-refractivity contribution in [2.24, 2.45) is 0 Å². The number of nitrogens with zero attached hydrogens (tertiary/aromatic N) is 3. The Labute approximate surface area is 189 Å². The van der Waals surface area contributed by atoms with Gasteiger partial charge >= 0.3 is 5.97 Å². The van der Waals surface area contributed by atoms with E-state index in [1.165, 1.54) is 7.11 Å². The van der Waals surface area contributed by atoms with Crippen LogP contribution in [0.1, 0.15) is 16.8 Å². The van der Waals surface area contributed by atoms with Gasteiger partial charge in [-0.3, -0.25) is 4.79 Å². The van der Waals surface area contributed by atoms with Crippen LogP contribution in [0, 0.1) is 0 Å². The number of carbonyl (C=O) groups is 2. The Morgan fingerprint density at radius 1 is 1.06 bits per heavy atom. The lowest BCUT2D eigenvalue weighted by molar-refractivity contribution is -0.116. The van der Waals surface area contributed by atoms with Gasteiger partial charge in [-0.1, -0.05) is 42.5 Å². The van der Waals surface area contributed by atoms with Crippen molar-refractivity contribution in [3.8, 4) is 10.4 Å². The van der Waals surface area contributed by atoms with Gasteiger partial charge in [0.15, 0.2) is 0 Å². The lowest BCUT2D eigenvalue weighted by Gasteiger charge is -2.18. The average molecular weight is 447 g/mol. The third-order valence-corrected chi connectivity index (χ3v) is 6.10. The molecule has 0 aliphatic rings. The molecule has 162 valence electrons. The maximum Gasteiger partial charge on any atom is 0.339 e. The standard InChI is InChI=1S/C24H22N4O3S/c1-28(13-12-21(29)27-19-11-7-6-10-17(19)24(30)31-2)22-18-14-20(16-8-4-3-5-9-16)32-23(18)26-15-25-22/h3-11,14-15H,12-13H2,1-2H3,(H,27,29). The van der Waals surface area contributed by atoms with Crippen LogP contribution in [0.2, 0.25) is 0 Å². The van der Waals surface area contributed by atoms with Gasteiger partial charge in [-0.15, -0.1) is 11.3 Å². The number of amides is 1. The van der Waals surface area contributed by atoms with Crippen molar-refractivity contribution < 1.29 is 14.3 Å². The van der Waals surface area contributed by atoms with Crippen LogP contribution in [0.4, 0.5) is 11.5 Å². The first-order chi connectivity index (χ1) is 15.6. The maximum atomic E-state index is 12.5. The number of ether oxygens (including phenoxy) is 1. The first kappa shape index (κ1) is 21.5. The Morgan fingerprint density at radius 3 is 2.59 bits per heavy atom. The van der Waals surface area contributed by atoms with Crippen LogP contribution in [0.5, 0.6) is 0 Å². The van der Waals surface area contributed by atoms with E-state index >= 15 is 0 Å². The van der Waals surface area contributed by atoms with E-state index in [4.69, 9.17) is 4.74 Å². The Balaban J connectivity index is 1.47. The molecule has 1 amide bonds. The molecule has 0 aliphatic carbocycles. The maximum absolute atomic E-state index is 12.5. The number of nitrogens with one attached hydrogen (secondary N) is 1. The van der Waals surface area contributed by atoms with Gasteiger partial charge in [-0.05, 0) is 23.8 Å². The molecule has 0 aliphatic heterocycles. The Kier molecular flexibility index (Phi) is 6.42. The molecule has 2 aromatic heterocycles. The monoisotopic (exact) mass is 446 g/mol. The third-order valence-electron chi connectivity index (χ3n) is 5.01. The number of methoxy groups -OCH3 is 1. The van der Waals surface area contributed by atoms with Gasteiger partial charge in [0.05, 0.1) is 23.7 Å². The highest BCUT2D eigenvalue weighted by Crippen LogP contribution is 2.35. The van der Waals surface area contributed by atoms with E-state index in [-0.39, 0.29) is 12.3 Å². The Bertz CT molecular complexity index is 1260. The summed E-state index contributed by atoms with van der Waals surface area (Å²) >= 11 is 1.61. The molecule has 0 spiro atoms. The van der Waals surface area contributed by atoms with E-state index in [1.807, 2.05) is 30.1 Å². The van der Waals surface area contributed by atoms with Gasteiger partial charge in [0.1, 0.15) is 17.0 Å². The van der Waals surface area contributed by atoms with Crippen LogP contribution >= 0.6 is 11.3 Å². The van der Waals surface area contributed by atoms with Crippen molar-refractivity contribution in [1.29, 1.82) is 0 Å². The molecule has 2 aromatic carbocycles. The van der Waals surface area contributed by atoms with Crippen LogP contribution in [0.15, 0.2) is 67.0 Å². The number of hydrogen-bond donors (Lipinski definition) is 1. The molecule has 0 fully saturated rings. The smallest absolute Gasteiger partial charge is 0.339 e. The van der Waals surface area contributed by atoms with Gasteiger partial charge in [0.25, 0.3) is 0 Å². The number of benzene rings is 2. The predicted molar refractivity (Wildman–Crippen MR) is 127 cm³/mol. The molecule has 0 saturated carbocycles. The molecular weight excluding hydrogens is 424 g/mol. The zero-order valence-corrected chi connectivity index (χ0v) is 18.6. The van der Waals surface area contributed by atoms with Crippen LogP contribution in [0.25, 0.3) is 20.7 Å². The number of aromatic nitrogens is 2. The molecule has 2 heterocycles. The van der Waals surface area contributed by atoms with Crippen molar-refractivity contribution in [2.75, 3.05) is 30.9 Å². The minimum atomic E-state index is -0.493. The fraction of sp³-hybridized carbons (Fsp3) is 0.167. The minimum absolute atomic E-state index is 0.200. The first-order valence-electron chi connectivity index (χ1n) is 10.0. The SMILES string of the molecule is COC(=O)c1ccccc1NC(=O)CCN(C)c1ncnc2sc(-c3ccccc3)cc12. The summed E-state index contributed by atoms with van der Waals surface area (Å²) in [6.45, 7) is 0.453. The number of anilines is 2. The number of esters is 1. The largest absolute Gasteiger partial charge is 0.465 e. The molecule has 0 unspecified atom stereocenters. The highest BCUT2D eigenvalue weighted by molar-refractivity contribution is 7.21. The zero-order chi connectivity index (χ0) is 22.5. The topological polar surface area (TPSA) is 84.4 Å². The summed E-state index contributed by atoms with van der Waals surface area (Å²) < 4.78 is 4.78. The predicted octanol–water partition coefficient (Wildman–Crippen LogP) is 4.61. The molecule has 1 N–H and O–H groups in total. The summed E-state index contributed by atoms with van der Waals surface area (Å²) in [6, 6.07) is 19.0. The van der Waals surface area contributed by atoms with Crippen LogP contribution in [-0.4, -0.2) is 42.5 Å². The van der Waals surface area contributed by atoms with Crippen molar-refractivity contribution in [1.82, 2.24) is 9.97 Å². The molecule has 4 rings (SSSR count). The summed E-state index contributed by atoms with van der Waals surface area (Å²) in [6.07, 6.45) is 1.78.